The Hall–Kier alpha value is -1.94. The minimum Gasteiger partial charge on any atom is -0.489 e. The summed E-state index contributed by atoms with van der Waals surface area (Å²) in [6.07, 6.45) is 0.171. The van der Waals surface area contributed by atoms with E-state index in [1.165, 1.54) is 6.07 Å². The molecule has 106 valence electrons. The molecule has 0 fully saturated rings. The second-order valence-corrected chi connectivity index (χ2v) is 4.53. The molecule has 0 radical (unpaired) electrons. The van der Waals surface area contributed by atoms with Gasteiger partial charge in [-0.25, -0.2) is 8.78 Å². The highest BCUT2D eigenvalue weighted by Crippen LogP contribution is 2.20. The lowest BCUT2D eigenvalue weighted by Crippen LogP contribution is -1.98. The van der Waals surface area contributed by atoms with E-state index in [-0.39, 0.29) is 6.61 Å². The number of ether oxygens (including phenoxy) is 1. The maximum absolute atomic E-state index is 13.0. The van der Waals surface area contributed by atoms with E-state index in [4.69, 9.17) is 4.74 Å². The zero-order chi connectivity index (χ0) is 14.5. The van der Waals surface area contributed by atoms with Crippen LogP contribution in [-0.4, -0.2) is 5.11 Å². The first-order valence-corrected chi connectivity index (χ1v) is 6.45. The third-order valence-corrected chi connectivity index (χ3v) is 3.04. The first-order valence-electron chi connectivity index (χ1n) is 6.45. The molecule has 0 aliphatic carbocycles. The number of rotatable bonds is 5. The summed E-state index contributed by atoms with van der Waals surface area (Å²) in [7, 11) is 0. The van der Waals surface area contributed by atoms with Crippen molar-refractivity contribution in [3.8, 4) is 5.75 Å². The van der Waals surface area contributed by atoms with Gasteiger partial charge in [0.2, 0.25) is 0 Å². The van der Waals surface area contributed by atoms with Crippen LogP contribution in [0.25, 0.3) is 0 Å². The van der Waals surface area contributed by atoms with Crippen molar-refractivity contribution in [1.29, 1.82) is 0 Å². The molecular formula is C16H16F2O2. The fourth-order valence-corrected chi connectivity index (χ4v) is 1.82. The van der Waals surface area contributed by atoms with Crippen LogP contribution in [0.5, 0.6) is 5.75 Å². The lowest BCUT2D eigenvalue weighted by molar-refractivity contribution is 0.173. The summed E-state index contributed by atoms with van der Waals surface area (Å²) in [6.45, 7) is 2.06. The van der Waals surface area contributed by atoms with Crippen molar-refractivity contribution < 1.29 is 18.6 Å². The topological polar surface area (TPSA) is 29.5 Å². The Balaban J connectivity index is 1.98. The lowest BCUT2D eigenvalue weighted by Gasteiger charge is -2.10. The van der Waals surface area contributed by atoms with Gasteiger partial charge >= 0.3 is 0 Å². The minimum atomic E-state index is -0.882. The van der Waals surface area contributed by atoms with E-state index < -0.39 is 17.7 Å². The number of benzene rings is 2. The van der Waals surface area contributed by atoms with E-state index in [9.17, 15) is 13.9 Å². The van der Waals surface area contributed by atoms with Gasteiger partial charge in [-0.15, -0.1) is 0 Å². The van der Waals surface area contributed by atoms with Gasteiger partial charge in [-0.05, 0) is 41.8 Å². The Bertz CT molecular complexity index is 567. The standard InChI is InChI=1S/C16H16F2O2/c1-2-16(19)12-4-6-13(7-5-12)20-10-11-3-8-14(17)15(18)9-11/h3-9,16,19H,2,10H2,1H3/t16-/m1/s1. The van der Waals surface area contributed by atoms with E-state index in [2.05, 4.69) is 0 Å². The number of aliphatic hydroxyl groups excluding tert-OH is 1. The van der Waals surface area contributed by atoms with Crippen LogP contribution in [0.1, 0.15) is 30.6 Å². The van der Waals surface area contributed by atoms with Crippen molar-refractivity contribution in [2.75, 3.05) is 0 Å². The van der Waals surface area contributed by atoms with Crippen LogP contribution in [0, 0.1) is 11.6 Å². The van der Waals surface area contributed by atoms with Crippen molar-refractivity contribution in [3.63, 3.8) is 0 Å². The van der Waals surface area contributed by atoms with Gasteiger partial charge in [0.25, 0.3) is 0 Å². The zero-order valence-corrected chi connectivity index (χ0v) is 11.1. The van der Waals surface area contributed by atoms with E-state index in [0.29, 0.717) is 17.7 Å². The first-order chi connectivity index (χ1) is 9.60. The molecule has 2 aromatic carbocycles. The van der Waals surface area contributed by atoms with Crippen molar-refractivity contribution in [1.82, 2.24) is 0 Å². The normalized spacial score (nSPS) is 12.2. The Morgan fingerprint density at radius 2 is 1.75 bits per heavy atom. The molecule has 0 amide bonds. The van der Waals surface area contributed by atoms with Crippen molar-refractivity contribution in [2.45, 2.75) is 26.1 Å². The molecule has 0 unspecified atom stereocenters. The van der Waals surface area contributed by atoms with Gasteiger partial charge in [-0.2, -0.15) is 0 Å². The predicted octanol–water partition coefficient (Wildman–Crippen LogP) is 3.99. The van der Waals surface area contributed by atoms with Crippen LogP contribution in [0.4, 0.5) is 8.78 Å². The molecule has 0 bridgehead atoms. The van der Waals surface area contributed by atoms with E-state index in [1.54, 1.807) is 24.3 Å². The Labute approximate surface area is 116 Å². The van der Waals surface area contributed by atoms with Gasteiger partial charge in [0, 0.05) is 0 Å². The molecule has 0 saturated carbocycles. The van der Waals surface area contributed by atoms with Gasteiger partial charge in [0.15, 0.2) is 11.6 Å². The molecule has 0 spiro atoms. The SMILES string of the molecule is CC[C@@H](O)c1ccc(OCc2ccc(F)c(F)c2)cc1. The molecule has 2 rings (SSSR count). The largest absolute Gasteiger partial charge is 0.489 e. The Morgan fingerprint density at radius 1 is 1.05 bits per heavy atom. The molecule has 0 heterocycles. The molecular weight excluding hydrogens is 262 g/mol. The highest BCUT2D eigenvalue weighted by Gasteiger charge is 2.05. The van der Waals surface area contributed by atoms with Gasteiger partial charge in [-0.1, -0.05) is 25.1 Å². The molecule has 0 saturated heterocycles. The molecule has 1 N–H and O–H groups in total. The zero-order valence-electron chi connectivity index (χ0n) is 11.1. The van der Waals surface area contributed by atoms with E-state index in [1.807, 2.05) is 6.92 Å². The highest BCUT2D eigenvalue weighted by atomic mass is 19.2. The number of hydrogen-bond acceptors (Lipinski definition) is 2. The van der Waals surface area contributed by atoms with E-state index >= 15 is 0 Å². The van der Waals surface area contributed by atoms with Crippen molar-refractivity contribution >= 4 is 0 Å². The van der Waals surface area contributed by atoms with Crippen LogP contribution in [0.2, 0.25) is 0 Å². The maximum Gasteiger partial charge on any atom is 0.159 e. The third kappa shape index (κ3) is 3.54. The van der Waals surface area contributed by atoms with Crippen LogP contribution < -0.4 is 4.74 Å². The number of hydrogen-bond donors (Lipinski definition) is 1. The van der Waals surface area contributed by atoms with Crippen LogP contribution in [0.3, 0.4) is 0 Å². The third-order valence-electron chi connectivity index (χ3n) is 3.04. The van der Waals surface area contributed by atoms with E-state index in [0.717, 1.165) is 17.7 Å². The van der Waals surface area contributed by atoms with Crippen molar-refractivity contribution in [2.24, 2.45) is 0 Å². The fraction of sp³-hybridized carbons (Fsp3) is 0.250. The van der Waals surface area contributed by atoms with Crippen molar-refractivity contribution in [3.05, 3.63) is 65.2 Å². The average Bonchev–Trinajstić information content (AvgIpc) is 2.48. The molecule has 0 aromatic heterocycles. The van der Waals surface area contributed by atoms with Crippen LogP contribution in [0.15, 0.2) is 42.5 Å². The molecule has 2 nitrogen and oxygen atoms in total. The highest BCUT2D eigenvalue weighted by molar-refractivity contribution is 5.29. The predicted molar refractivity (Wildman–Crippen MR) is 72.4 cm³/mol. The molecule has 2 aromatic rings. The quantitative estimate of drug-likeness (QED) is 0.896. The van der Waals surface area contributed by atoms with Gasteiger partial charge in [0.1, 0.15) is 12.4 Å². The first kappa shape index (κ1) is 14.5. The maximum atomic E-state index is 13.0. The second-order valence-electron chi connectivity index (χ2n) is 4.53. The molecule has 0 aliphatic heterocycles. The van der Waals surface area contributed by atoms with Gasteiger partial charge in [0.05, 0.1) is 6.10 Å². The Kier molecular flexibility index (Phi) is 4.69. The summed E-state index contributed by atoms with van der Waals surface area (Å²) < 4.78 is 31.3. The minimum absolute atomic E-state index is 0.160. The fourth-order valence-electron chi connectivity index (χ4n) is 1.82. The summed E-state index contributed by atoms with van der Waals surface area (Å²) >= 11 is 0. The number of halogens is 2. The summed E-state index contributed by atoms with van der Waals surface area (Å²) in [5.41, 5.74) is 1.38. The van der Waals surface area contributed by atoms with Gasteiger partial charge in [-0.3, -0.25) is 0 Å². The molecule has 20 heavy (non-hydrogen) atoms. The molecule has 1 atom stereocenters. The summed E-state index contributed by atoms with van der Waals surface area (Å²) in [5, 5.41) is 9.67. The van der Waals surface area contributed by atoms with Crippen LogP contribution in [-0.2, 0) is 6.61 Å². The summed E-state index contributed by atoms with van der Waals surface area (Å²) in [5.74, 6) is -1.14. The van der Waals surface area contributed by atoms with Gasteiger partial charge < -0.3 is 9.84 Å². The number of aliphatic hydroxyl groups is 1. The molecule has 0 aliphatic rings. The smallest absolute Gasteiger partial charge is 0.159 e. The second kappa shape index (κ2) is 6.48. The summed E-state index contributed by atoms with van der Waals surface area (Å²) in [6, 6.07) is 10.7. The monoisotopic (exact) mass is 278 g/mol. The molecule has 4 heteroatoms. The Morgan fingerprint density at radius 3 is 2.35 bits per heavy atom. The lowest BCUT2D eigenvalue weighted by atomic mass is 10.1. The average molecular weight is 278 g/mol. The van der Waals surface area contributed by atoms with Crippen LogP contribution >= 0.6 is 0 Å². The summed E-state index contributed by atoms with van der Waals surface area (Å²) in [4.78, 5) is 0.